The van der Waals surface area contributed by atoms with Gasteiger partial charge in [-0.05, 0) is 38.2 Å². The molecule has 0 bridgehead atoms. The van der Waals surface area contributed by atoms with Crippen molar-refractivity contribution < 1.29 is 4.79 Å². The van der Waals surface area contributed by atoms with E-state index in [0.717, 1.165) is 12.1 Å². The summed E-state index contributed by atoms with van der Waals surface area (Å²) in [6, 6.07) is 8.59. The minimum Gasteiger partial charge on any atom is -0.328 e. The second-order valence-corrected chi connectivity index (χ2v) is 5.70. The highest BCUT2D eigenvalue weighted by Crippen LogP contribution is 2.27. The van der Waals surface area contributed by atoms with E-state index in [1.807, 2.05) is 24.7 Å². The standard InChI is InChI=1S/C17H24N4O/c1-5-16(20(3)4)17(21-11-10-18-12-21)14-6-8-15(9-7-14)19-13(2)22/h6-12,16-17H,5H2,1-4H3,(H,19,22). The van der Waals surface area contributed by atoms with Gasteiger partial charge < -0.3 is 14.8 Å². The molecule has 0 radical (unpaired) electrons. The number of rotatable bonds is 6. The number of carbonyl (C=O) groups excluding carboxylic acids is 1. The van der Waals surface area contributed by atoms with E-state index in [1.165, 1.54) is 12.5 Å². The van der Waals surface area contributed by atoms with Crippen LogP contribution < -0.4 is 5.32 Å². The first-order valence-electron chi connectivity index (χ1n) is 7.54. The van der Waals surface area contributed by atoms with Gasteiger partial charge in [-0.25, -0.2) is 4.98 Å². The summed E-state index contributed by atoms with van der Waals surface area (Å²) in [5, 5.41) is 2.80. The van der Waals surface area contributed by atoms with Crippen LogP contribution >= 0.6 is 0 Å². The van der Waals surface area contributed by atoms with Crippen LogP contribution in [0.25, 0.3) is 0 Å². The number of nitrogens with zero attached hydrogens (tertiary/aromatic N) is 3. The third kappa shape index (κ3) is 3.74. The lowest BCUT2D eigenvalue weighted by atomic mass is 9.96. The first-order chi connectivity index (χ1) is 10.5. The highest BCUT2D eigenvalue weighted by molar-refractivity contribution is 5.88. The van der Waals surface area contributed by atoms with E-state index in [9.17, 15) is 4.79 Å². The smallest absolute Gasteiger partial charge is 0.221 e. The molecule has 5 heteroatoms. The predicted octanol–water partition coefficient (Wildman–Crippen LogP) is 2.77. The summed E-state index contributed by atoms with van der Waals surface area (Å²) < 4.78 is 2.14. The molecule has 2 rings (SSSR count). The van der Waals surface area contributed by atoms with Crippen molar-refractivity contribution in [2.45, 2.75) is 32.4 Å². The number of amides is 1. The molecule has 1 amide bonds. The monoisotopic (exact) mass is 300 g/mol. The minimum absolute atomic E-state index is 0.0568. The number of hydrogen-bond acceptors (Lipinski definition) is 3. The van der Waals surface area contributed by atoms with E-state index in [-0.39, 0.29) is 11.9 Å². The fourth-order valence-electron chi connectivity index (χ4n) is 2.86. The fraction of sp³-hybridized carbons (Fsp3) is 0.412. The van der Waals surface area contributed by atoms with Crippen LogP contribution in [-0.2, 0) is 4.79 Å². The van der Waals surface area contributed by atoms with Crippen LogP contribution in [0.15, 0.2) is 43.0 Å². The molecule has 0 spiro atoms. The van der Waals surface area contributed by atoms with Crippen molar-refractivity contribution in [1.82, 2.24) is 14.5 Å². The van der Waals surface area contributed by atoms with Crippen LogP contribution in [0.5, 0.6) is 0 Å². The predicted molar refractivity (Wildman–Crippen MR) is 88.9 cm³/mol. The summed E-state index contributed by atoms with van der Waals surface area (Å²) in [6.45, 7) is 3.71. The quantitative estimate of drug-likeness (QED) is 0.892. The Kier molecular flexibility index (Phi) is 5.33. The molecule has 5 nitrogen and oxygen atoms in total. The molecule has 1 aromatic heterocycles. The van der Waals surface area contributed by atoms with Crippen molar-refractivity contribution in [2.24, 2.45) is 0 Å². The van der Waals surface area contributed by atoms with Crippen LogP contribution in [0.2, 0.25) is 0 Å². The first-order valence-corrected chi connectivity index (χ1v) is 7.54. The average Bonchev–Trinajstić information content (AvgIpc) is 2.98. The zero-order chi connectivity index (χ0) is 16.1. The van der Waals surface area contributed by atoms with Gasteiger partial charge in [0.1, 0.15) is 0 Å². The van der Waals surface area contributed by atoms with Gasteiger partial charge in [0.05, 0.1) is 12.4 Å². The molecule has 118 valence electrons. The molecule has 22 heavy (non-hydrogen) atoms. The number of benzene rings is 1. The van der Waals surface area contributed by atoms with E-state index in [2.05, 4.69) is 52.9 Å². The van der Waals surface area contributed by atoms with Crippen molar-refractivity contribution in [1.29, 1.82) is 0 Å². The van der Waals surface area contributed by atoms with Gasteiger partial charge >= 0.3 is 0 Å². The van der Waals surface area contributed by atoms with E-state index in [4.69, 9.17) is 0 Å². The Hall–Kier alpha value is -2.14. The zero-order valence-corrected chi connectivity index (χ0v) is 13.7. The second kappa shape index (κ2) is 7.22. The van der Waals surface area contributed by atoms with Crippen LogP contribution in [-0.4, -0.2) is 40.5 Å². The SMILES string of the molecule is CCC(C(c1ccc(NC(C)=O)cc1)n1ccnc1)N(C)C. The van der Waals surface area contributed by atoms with Gasteiger partial charge in [0.15, 0.2) is 0 Å². The fourth-order valence-corrected chi connectivity index (χ4v) is 2.86. The molecular weight excluding hydrogens is 276 g/mol. The van der Waals surface area contributed by atoms with Gasteiger partial charge in [-0.15, -0.1) is 0 Å². The third-order valence-electron chi connectivity index (χ3n) is 3.86. The van der Waals surface area contributed by atoms with Crippen molar-refractivity contribution in [3.05, 3.63) is 48.5 Å². The van der Waals surface area contributed by atoms with Crippen molar-refractivity contribution >= 4 is 11.6 Å². The van der Waals surface area contributed by atoms with E-state index in [1.54, 1.807) is 6.20 Å². The van der Waals surface area contributed by atoms with Gasteiger partial charge in [0, 0.05) is 31.0 Å². The van der Waals surface area contributed by atoms with Gasteiger partial charge in [-0.1, -0.05) is 19.1 Å². The number of anilines is 1. The van der Waals surface area contributed by atoms with Gasteiger partial charge in [0.25, 0.3) is 0 Å². The number of imidazole rings is 1. The summed E-state index contributed by atoms with van der Waals surface area (Å²) in [4.78, 5) is 17.6. The summed E-state index contributed by atoms with van der Waals surface area (Å²) in [5.41, 5.74) is 2.02. The van der Waals surface area contributed by atoms with E-state index >= 15 is 0 Å². The van der Waals surface area contributed by atoms with Crippen LogP contribution in [0.1, 0.15) is 31.9 Å². The molecule has 2 aromatic rings. The van der Waals surface area contributed by atoms with Gasteiger partial charge in [-0.2, -0.15) is 0 Å². The normalized spacial score (nSPS) is 13.9. The van der Waals surface area contributed by atoms with Crippen LogP contribution in [0.4, 0.5) is 5.69 Å². The van der Waals surface area contributed by atoms with Crippen molar-refractivity contribution in [3.8, 4) is 0 Å². The summed E-state index contributed by atoms with van der Waals surface area (Å²) in [5.74, 6) is -0.0568. The molecule has 0 saturated carbocycles. The Balaban J connectivity index is 2.35. The summed E-state index contributed by atoms with van der Waals surface area (Å²) >= 11 is 0. The maximum atomic E-state index is 11.1. The Labute approximate surface area is 132 Å². The number of aromatic nitrogens is 2. The Morgan fingerprint density at radius 3 is 2.45 bits per heavy atom. The number of nitrogens with one attached hydrogen (secondary N) is 1. The minimum atomic E-state index is -0.0568. The Morgan fingerprint density at radius 1 is 1.32 bits per heavy atom. The lowest BCUT2D eigenvalue weighted by Gasteiger charge is -2.33. The average molecular weight is 300 g/mol. The molecule has 1 N–H and O–H groups in total. The molecular formula is C17H24N4O. The van der Waals surface area contributed by atoms with E-state index < -0.39 is 0 Å². The number of likely N-dealkylation sites (N-methyl/N-ethyl adjacent to an activating group) is 1. The van der Waals surface area contributed by atoms with Crippen LogP contribution in [0.3, 0.4) is 0 Å². The highest BCUT2D eigenvalue weighted by atomic mass is 16.1. The molecule has 0 fully saturated rings. The molecule has 0 saturated heterocycles. The lowest BCUT2D eigenvalue weighted by Crippen LogP contribution is -2.36. The second-order valence-electron chi connectivity index (χ2n) is 5.70. The lowest BCUT2D eigenvalue weighted by molar-refractivity contribution is -0.114. The molecule has 2 atom stereocenters. The number of carbonyl (C=O) groups is 1. The number of hydrogen-bond donors (Lipinski definition) is 1. The molecule has 0 aliphatic carbocycles. The molecule has 0 aliphatic rings. The van der Waals surface area contributed by atoms with Gasteiger partial charge in [-0.3, -0.25) is 4.79 Å². The van der Waals surface area contributed by atoms with E-state index in [0.29, 0.717) is 6.04 Å². The maximum Gasteiger partial charge on any atom is 0.221 e. The third-order valence-corrected chi connectivity index (χ3v) is 3.86. The van der Waals surface area contributed by atoms with Crippen LogP contribution in [0, 0.1) is 0 Å². The topological polar surface area (TPSA) is 50.2 Å². The van der Waals surface area contributed by atoms with Gasteiger partial charge in [0.2, 0.25) is 5.91 Å². The molecule has 0 aliphatic heterocycles. The summed E-state index contributed by atoms with van der Waals surface area (Å²) in [7, 11) is 4.20. The van der Waals surface area contributed by atoms with Crippen molar-refractivity contribution in [3.63, 3.8) is 0 Å². The summed E-state index contributed by atoms with van der Waals surface area (Å²) in [6.07, 6.45) is 6.70. The molecule has 2 unspecified atom stereocenters. The molecule has 1 aromatic carbocycles. The van der Waals surface area contributed by atoms with Crippen molar-refractivity contribution in [2.75, 3.05) is 19.4 Å². The largest absolute Gasteiger partial charge is 0.328 e. The Bertz CT molecular complexity index is 590. The highest BCUT2D eigenvalue weighted by Gasteiger charge is 2.25. The zero-order valence-electron chi connectivity index (χ0n) is 13.7. The molecule has 1 heterocycles. The first kappa shape index (κ1) is 16.2. The Morgan fingerprint density at radius 2 is 2.00 bits per heavy atom. The maximum absolute atomic E-state index is 11.1.